The van der Waals surface area contributed by atoms with Gasteiger partial charge in [0.25, 0.3) is 0 Å². The fraction of sp³-hybridized carbons (Fsp3) is 0.222. The molecule has 0 aliphatic carbocycles. The molecule has 0 bridgehead atoms. The number of halogens is 3. The number of alkyl halides is 3. The summed E-state index contributed by atoms with van der Waals surface area (Å²) in [4.78, 5) is 23.8. The lowest BCUT2D eigenvalue weighted by atomic mass is 10.3. The number of rotatable bonds is 5. The Morgan fingerprint density at radius 3 is 2.57 bits per heavy atom. The van der Waals surface area contributed by atoms with Gasteiger partial charge in [0, 0.05) is 17.3 Å². The number of hydrogen-bond donors (Lipinski definition) is 0. The van der Waals surface area contributed by atoms with Crippen LogP contribution in [-0.4, -0.2) is 30.1 Å². The van der Waals surface area contributed by atoms with Gasteiger partial charge in [-0.2, -0.15) is 18.2 Å². The highest BCUT2D eigenvalue weighted by Crippen LogP contribution is 2.34. The average Bonchev–Trinajstić information content (AvgIpc) is 3.37. The molecule has 0 atom stereocenters. The zero-order valence-electron chi connectivity index (χ0n) is 15.8. The van der Waals surface area contributed by atoms with Crippen molar-refractivity contribution < 1.29 is 17.7 Å². The summed E-state index contributed by atoms with van der Waals surface area (Å²) in [5.74, 6) is -0.256. The summed E-state index contributed by atoms with van der Waals surface area (Å²) < 4.78 is 42.4. The highest BCUT2D eigenvalue weighted by atomic mass is 32.1. The molecule has 0 amide bonds. The number of nitrogens with zero attached hydrogens (tertiary/aromatic N) is 7. The smallest absolute Gasteiger partial charge is 0.329 e. The summed E-state index contributed by atoms with van der Waals surface area (Å²) in [7, 11) is 0. The van der Waals surface area contributed by atoms with Crippen molar-refractivity contribution in [2.45, 2.75) is 26.6 Å². The lowest BCUT2D eigenvalue weighted by Crippen LogP contribution is -2.19. The van der Waals surface area contributed by atoms with Crippen molar-refractivity contribution in [3.63, 3.8) is 0 Å². The van der Waals surface area contributed by atoms with Gasteiger partial charge in [-0.3, -0.25) is 4.98 Å². The number of aromatic nitrogens is 6. The van der Waals surface area contributed by atoms with E-state index in [2.05, 4.69) is 34.6 Å². The quantitative estimate of drug-likeness (QED) is 0.459. The van der Waals surface area contributed by atoms with E-state index in [0.717, 1.165) is 16.3 Å². The molecular weight excluding hydrogens is 419 g/mol. The van der Waals surface area contributed by atoms with Crippen LogP contribution in [-0.2, 0) is 12.7 Å². The zero-order chi connectivity index (χ0) is 21.3. The molecule has 0 aromatic carbocycles. The maximum Gasteiger partial charge on any atom is 0.471 e. The van der Waals surface area contributed by atoms with Crippen LogP contribution in [0.4, 0.5) is 24.7 Å². The van der Waals surface area contributed by atoms with Gasteiger partial charge in [-0.15, -0.1) is 11.3 Å². The van der Waals surface area contributed by atoms with E-state index in [1.165, 1.54) is 11.3 Å². The predicted molar refractivity (Wildman–Crippen MR) is 102 cm³/mol. The van der Waals surface area contributed by atoms with E-state index in [1.54, 1.807) is 43.8 Å². The fourth-order valence-electron chi connectivity index (χ4n) is 2.74. The Hall–Kier alpha value is -3.41. The summed E-state index contributed by atoms with van der Waals surface area (Å²) in [5, 5.41) is 3.43. The van der Waals surface area contributed by atoms with Gasteiger partial charge < -0.3 is 9.42 Å². The predicted octanol–water partition coefficient (Wildman–Crippen LogP) is 4.35. The van der Waals surface area contributed by atoms with Crippen LogP contribution in [0, 0.1) is 13.8 Å². The zero-order valence-corrected chi connectivity index (χ0v) is 16.6. The third-order valence-corrected chi connectivity index (χ3v) is 5.12. The Morgan fingerprint density at radius 2 is 1.90 bits per heavy atom. The Morgan fingerprint density at radius 1 is 1.07 bits per heavy atom. The summed E-state index contributed by atoms with van der Waals surface area (Å²) in [6, 6.07) is 3.44. The lowest BCUT2D eigenvalue weighted by Gasteiger charge is -2.23. The maximum absolute atomic E-state index is 12.7. The minimum absolute atomic E-state index is 0.112. The van der Waals surface area contributed by atoms with Crippen LogP contribution < -0.4 is 4.90 Å². The van der Waals surface area contributed by atoms with Gasteiger partial charge in [0.05, 0.1) is 35.2 Å². The van der Waals surface area contributed by atoms with E-state index in [4.69, 9.17) is 0 Å². The first-order valence-corrected chi connectivity index (χ1v) is 9.46. The summed E-state index contributed by atoms with van der Waals surface area (Å²) in [6.45, 7) is 4.04. The fourth-order valence-corrected chi connectivity index (χ4v) is 3.66. The first-order chi connectivity index (χ1) is 14.3. The standard InChI is InChI=1S/C18H14F3N7OS/c1-10-13(7-24-11(2)25-10)28(15-8-22-5-6-23-15)9-12-3-4-14(30-12)16-26-17(29-27-16)18(19,20)21/h3-8H,9H2,1-2H3. The monoisotopic (exact) mass is 433 g/mol. The van der Waals surface area contributed by atoms with Crippen LogP contribution in [0.5, 0.6) is 0 Å². The van der Waals surface area contributed by atoms with E-state index in [1.807, 2.05) is 11.8 Å². The van der Waals surface area contributed by atoms with Crippen molar-refractivity contribution in [3.8, 4) is 10.7 Å². The number of thiophene rings is 1. The molecule has 4 aromatic rings. The van der Waals surface area contributed by atoms with Gasteiger partial charge in [0.1, 0.15) is 5.82 Å². The summed E-state index contributed by atoms with van der Waals surface area (Å²) in [6.07, 6.45) is 1.78. The molecule has 0 saturated carbocycles. The first-order valence-electron chi connectivity index (χ1n) is 8.65. The van der Waals surface area contributed by atoms with Gasteiger partial charge in [0.2, 0.25) is 5.82 Å². The van der Waals surface area contributed by atoms with E-state index in [9.17, 15) is 13.2 Å². The number of aryl methyl sites for hydroxylation is 2. The molecular formula is C18H14F3N7OS. The third kappa shape index (κ3) is 4.13. The molecule has 0 fully saturated rings. The number of hydrogen-bond acceptors (Lipinski definition) is 9. The normalized spacial score (nSPS) is 11.6. The Balaban J connectivity index is 1.65. The minimum Gasteiger partial charge on any atom is -0.329 e. The van der Waals surface area contributed by atoms with Crippen LogP contribution in [0.2, 0.25) is 0 Å². The van der Waals surface area contributed by atoms with Gasteiger partial charge in [-0.05, 0) is 26.0 Å². The van der Waals surface area contributed by atoms with Gasteiger partial charge in [-0.1, -0.05) is 5.16 Å². The molecule has 0 aliphatic heterocycles. The summed E-state index contributed by atoms with van der Waals surface area (Å²) >= 11 is 1.25. The molecule has 0 saturated heterocycles. The van der Waals surface area contributed by atoms with E-state index < -0.39 is 12.1 Å². The Kier molecular flexibility index (Phi) is 5.16. The molecule has 0 unspecified atom stereocenters. The average molecular weight is 433 g/mol. The molecule has 0 N–H and O–H groups in total. The van der Waals surface area contributed by atoms with Gasteiger partial charge in [-0.25, -0.2) is 15.0 Å². The minimum atomic E-state index is -4.68. The Bertz CT molecular complexity index is 1160. The van der Waals surface area contributed by atoms with Crippen molar-refractivity contribution in [1.29, 1.82) is 0 Å². The highest BCUT2D eigenvalue weighted by Gasteiger charge is 2.38. The van der Waals surface area contributed by atoms with Crippen molar-refractivity contribution in [3.05, 3.63) is 59.2 Å². The van der Waals surface area contributed by atoms with Crippen molar-refractivity contribution in [1.82, 2.24) is 30.1 Å². The molecule has 0 aliphatic rings. The molecule has 154 valence electrons. The second kappa shape index (κ2) is 7.78. The lowest BCUT2D eigenvalue weighted by molar-refractivity contribution is -0.159. The molecule has 4 rings (SSSR count). The van der Waals surface area contributed by atoms with Crippen LogP contribution in [0.1, 0.15) is 22.3 Å². The van der Waals surface area contributed by atoms with E-state index in [-0.39, 0.29) is 5.82 Å². The molecule has 4 heterocycles. The summed E-state index contributed by atoms with van der Waals surface area (Å²) in [5.41, 5.74) is 1.51. The molecule has 4 aromatic heterocycles. The largest absolute Gasteiger partial charge is 0.471 e. The van der Waals surface area contributed by atoms with Crippen molar-refractivity contribution >= 4 is 22.8 Å². The van der Waals surface area contributed by atoms with E-state index in [0.29, 0.717) is 23.1 Å². The molecule has 0 radical (unpaired) electrons. The second-order valence-corrected chi connectivity index (χ2v) is 7.39. The van der Waals surface area contributed by atoms with Crippen LogP contribution in [0.25, 0.3) is 10.7 Å². The first kappa shape index (κ1) is 19.9. The molecule has 30 heavy (non-hydrogen) atoms. The SMILES string of the molecule is Cc1ncc(N(Cc2ccc(-c3noc(C(F)(F)F)n3)s2)c2cnccn2)c(C)n1. The van der Waals surface area contributed by atoms with Crippen LogP contribution in [0.15, 0.2) is 41.4 Å². The van der Waals surface area contributed by atoms with Crippen molar-refractivity contribution in [2.24, 2.45) is 0 Å². The topological polar surface area (TPSA) is 93.7 Å². The van der Waals surface area contributed by atoms with Crippen LogP contribution in [0.3, 0.4) is 0 Å². The second-order valence-electron chi connectivity index (χ2n) is 6.22. The van der Waals surface area contributed by atoms with Crippen LogP contribution >= 0.6 is 11.3 Å². The number of anilines is 2. The molecule has 8 nitrogen and oxygen atoms in total. The Labute approximate surface area is 172 Å². The van der Waals surface area contributed by atoms with Gasteiger partial charge in [0.15, 0.2) is 5.82 Å². The van der Waals surface area contributed by atoms with E-state index >= 15 is 0 Å². The van der Waals surface area contributed by atoms with Gasteiger partial charge >= 0.3 is 12.1 Å². The maximum atomic E-state index is 12.7. The molecule has 12 heteroatoms. The van der Waals surface area contributed by atoms with Crippen molar-refractivity contribution in [2.75, 3.05) is 4.90 Å². The highest BCUT2D eigenvalue weighted by molar-refractivity contribution is 7.15. The third-order valence-electron chi connectivity index (χ3n) is 4.06. The molecule has 0 spiro atoms.